The maximum Gasteiger partial charge on any atom is 0.407 e. The van der Waals surface area contributed by atoms with Crippen molar-refractivity contribution in [1.82, 2.24) is 19.8 Å². The van der Waals surface area contributed by atoms with Gasteiger partial charge >= 0.3 is 6.09 Å². The normalized spacial score (nSPS) is 14.5. The van der Waals surface area contributed by atoms with Crippen molar-refractivity contribution in [2.75, 3.05) is 45.7 Å². The fraction of sp³-hybridized carbons (Fsp3) is 0.450. The summed E-state index contributed by atoms with van der Waals surface area (Å²) < 4.78 is 39.8. The number of nitrogens with one attached hydrogen (secondary N) is 1. The molecule has 1 fully saturated rings. The van der Waals surface area contributed by atoms with E-state index in [0.717, 1.165) is 12.1 Å². The number of amides is 1. The van der Waals surface area contributed by atoms with Crippen LogP contribution in [0.2, 0.25) is 0 Å². The van der Waals surface area contributed by atoms with Crippen molar-refractivity contribution in [2.24, 2.45) is 0 Å². The van der Waals surface area contributed by atoms with Gasteiger partial charge in [-0.3, -0.25) is 0 Å². The number of hydrogen-bond donors (Lipinski definition) is 2. The summed E-state index contributed by atoms with van der Waals surface area (Å²) in [6.07, 6.45) is 1.18. The first-order valence-electron chi connectivity index (χ1n) is 9.82. The molecule has 1 saturated heterocycles. The SMILES string of the molecule is CN(C)CCOc1cc(F)c(Nc2cc(OC3CCN(C(=O)O)CC3)ncn2)cc1F. The lowest BCUT2D eigenvalue weighted by Gasteiger charge is -2.29. The van der Waals surface area contributed by atoms with Gasteiger partial charge in [0.15, 0.2) is 17.4 Å². The van der Waals surface area contributed by atoms with Gasteiger partial charge in [0.1, 0.15) is 24.9 Å². The van der Waals surface area contributed by atoms with Gasteiger partial charge in [0, 0.05) is 50.7 Å². The molecule has 0 aliphatic carbocycles. The first kappa shape index (κ1) is 22.5. The zero-order valence-electron chi connectivity index (χ0n) is 17.3. The number of benzene rings is 1. The molecule has 11 heteroatoms. The van der Waals surface area contributed by atoms with Crippen LogP contribution in [0.25, 0.3) is 0 Å². The second-order valence-electron chi connectivity index (χ2n) is 7.37. The first-order chi connectivity index (χ1) is 14.8. The molecule has 0 spiro atoms. The Morgan fingerprint density at radius 2 is 1.97 bits per heavy atom. The van der Waals surface area contributed by atoms with E-state index >= 15 is 0 Å². The van der Waals surface area contributed by atoms with Crippen molar-refractivity contribution >= 4 is 17.6 Å². The van der Waals surface area contributed by atoms with E-state index in [9.17, 15) is 13.6 Å². The zero-order valence-corrected chi connectivity index (χ0v) is 17.3. The Morgan fingerprint density at radius 1 is 1.23 bits per heavy atom. The molecule has 1 aliphatic heterocycles. The molecule has 1 aromatic carbocycles. The molecule has 3 rings (SSSR count). The van der Waals surface area contributed by atoms with Gasteiger partial charge < -0.3 is 29.7 Å². The van der Waals surface area contributed by atoms with Gasteiger partial charge in [0.05, 0.1) is 5.69 Å². The molecule has 31 heavy (non-hydrogen) atoms. The number of halogens is 2. The smallest absolute Gasteiger partial charge is 0.407 e. The number of likely N-dealkylation sites (tertiary alicyclic amines) is 1. The molecule has 2 heterocycles. The summed E-state index contributed by atoms with van der Waals surface area (Å²) in [5.41, 5.74) is -0.100. The average molecular weight is 437 g/mol. The molecule has 1 aliphatic rings. The average Bonchev–Trinajstić information content (AvgIpc) is 2.72. The lowest BCUT2D eigenvalue weighted by atomic mass is 10.1. The highest BCUT2D eigenvalue weighted by Gasteiger charge is 2.24. The lowest BCUT2D eigenvalue weighted by molar-refractivity contribution is 0.0870. The van der Waals surface area contributed by atoms with E-state index in [1.807, 2.05) is 19.0 Å². The van der Waals surface area contributed by atoms with Crippen LogP contribution in [0, 0.1) is 11.6 Å². The van der Waals surface area contributed by atoms with E-state index in [-0.39, 0.29) is 35.8 Å². The van der Waals surface area contributed by atoms with Gasteiger partial charge in [-0.25, -0.2) is 23.5 Å². The lowest BCUT2D eigenvalue weighted by Crippen LogP contribution is -2.41. The third-order valence-electron chi connectivity index (χ3n) is 4.72. The number of anilines is 2. The minimum Gasteiger partial charge on any atom is -0.489 e. The minimum atomic E-state index is -0.949. The largest absolute Gasteiger partial charge is 0.489 e. The van der Waals surface area contributed by atoms with Crippen LogP contribution >= 0.6 is 0 Å². The highest BCUT2D eigenvalue weighted by molar-refractivity contribution is 5.65. The molecule has 0 atom stereocenters. The molecule has 168 valence electrons. The van der Waals surface area contributed by atoms with Crippen molar-refractivity contribution in [2.45, 2.75) is 18.9 Å². The van der Waals surface area contributed by atoms with E-state index in [1.165, 1.54) is 17.3 Å². The Balaban J connectivity index is 1.61. The highest BCUT2D eigenvalue weighted by Crippen LogP contribution is 2.28. The number of hydrogen-bond acceptors (Lipinski definition) is 7. The Kier molecular flexibility index (Phi) is 7.40. The maximum atomic E-state index is 14.4. The number of piperidine rings is 1. The molecule has 0 bridgehead atoms. The zero-order chi connectivity index (χ0) is 22.4. The molecule has 2 N–H and O–H groups in total. The van der Waals surface area contributed by atoms with Crippen LogP contribution in [-0.2, 0) is 0 Å². The molecular formula is C20H25F2N5O4. The minimum absolute atomic E-state index is 0.100. The number of ether oxygens (including phenoxy) is 2. The fourth-order valence-electron chi connectivity index (χ4n) is 3.02. The van der Waals surface area contributed by atoms with Crippen LogP contribution < -0.4 is 14.8 Å². The van der Waals surface area contributed by atoms with Crippen LogP contribution in [-0.4, -0.2) is 77.4 Å². The van der Waals surface area contributed by atoms with Crippen LogP contribution in [0.4, 0.5) is 25.1 Å². The number of aromatic nitrogens is 2. The van der Waals surface area contributed by atoms with Gasteiger partial charge in [0.25, 0.3) is 0 Å². The Bertz CT molecular complexity index is 907. The van der Waals surface area contributed by atoms with Crippen molar-refractivity contribution in [3.63, 3.8) is 0 Å². The van der Waals surface area contributed by atoms with Gasteiger partial charge in [-0.05, 0) is 14.1 Å². The van der Waals surface area contributed by atoms with Gasteiger partial charge in [-0.1, -0.05) is 0 Å². The highest BCUT2D eigenvalue weighted by atomic mass is 19.1. The number of carboxylic acid groups (broad SMARTS) is 1. The van der Waals surface area contributed by atoms with E-state index in [4.69, 9.17) is 14.6 Å². The van der Waals surface area contributed by atoms with Crippen LogP contribution in [0.5, 0.6) is 11.6 Å². The van der Waals surface area contributed by atoms with Crippen molar-refractivity contribution in [3.05, 3.63) is 36.2 Å². The molecule has 1 amide bonds. The van der Waals surface area contributed by atoms with E-state index in [2.05, 4.69) is 15.3 Å². The van der Waals surface area contributed by atoms with Gasteiger partial charge in [-0.15, -0.1) is 0 Å². The van der Waals surface area contributed by atoms with E-state index in [1.54, 1.807) is 0 Å². The Morgan fingerprint density at radius 3 is 2.65 bits per heavy atom. The van der Waals surface area contributed by atoms with Crippen molar-refractivity contribution in [3.8, 4) is 11.6 Å². The molecular weight excluding hydrogens is 412 g/mol. The monoisotopic (exact) mass is 437 g/mol. The second kappa shape index (κ2) is 10.2. The number of carbonyl (C=O) groups is 1. The number of nitrogens with zero attached hydrogens (tertiary/aromatic N) is 4. The summed E-state index contributed by atoms with van der Waals surface area (Å²) in [7, 11) is 3.71. The fourth-order valence-corrected chi connectivity index (χ4v) is 3.02. The maximum absolute atomic E-state index is 14.4. The summed E-state index contributed by atoms with van der Waals surface area (Å²) >= 11 is 0. The van der Waals surface area contributed by atoms with Crippen LogP contribution in [0.15, 0.2) is 24.5 Å². The molecule has 0 radical (unpaired) electrons. The predicted molar refractivity (Wildman–Crippen MR) is 109 cm³/mol. The molecule has 0 saturated carbocycles. The van der Waals surface area contributed by atoms with E-state index < -0.39 is 17.7 Å². The predicted octanol–water partition coefficient (Wildman–Crippen LogP) is 2.96. The van der Waals surface area contributed by atoms with Gasteiger partial charge in [-0.2, -0.15) is 0 Å². The Labute approximate surface area is 178 Å². The van der Waals surface area contributed by atoms with Crippen molar-refractivity contribution < 1.29 is 28.2 Å². The summed E-state index contributed by atoms with van der Waals surface area (Å²) in [5, 5.41) is 11.7. The Hall–Kier alpha value is -3.21. The van der Waals surface area contributed by atoms with Crippen molar-refractivity contribution in [1.29, 1.82) is 0 Å². The van der Waals surface area contributed by atoms with Crippen LogP contribution in [0.1, 0.15) is 12.8 Å². The number of likely N-dealkylation sites (N-methyl/N-ethyl adjacent to an activating group) is 1. The second-order valence-corrected chi connectivity index (χ2v) is 7.37. The summed E-state index contributed by atoms with van der Waals surface area (Å²) in [5.74, 6) is -1.06. The molecule has 0 unspecified atom stereocenters. The third kappa shape index (κ3) is 6.38. The molecule has 2 aromatic rings. The quantitative estimate of drug-likeness (QED) is 0.650. The first-order valence-corrected chi connectivity index (χ1v) is 9.82. The van der Waals surface area contributed by atoms with Crippen LogP contribution in [0.3, 0.4) is 0 Å². The van der Waals surface area contributed by atoms with E-state index in [0.29, 0.717) is 32.5 Å². The summed E-state index contributed by atoms with van der Waals surface area (Å²) in [6, 6.07) is 3.47. The molecule has 9 nitrogen and oxygen atoms in total. The molecule has 1 aromatic heterocycles. The standard InChI is InChI=1S/C20H25F2N5O4/c1-26(2)7-8-30-17-10-14(21)16(9-15(17)22)25-18-11-19(24-12-23-18)31-13-3-5-27(6-4-13)20(28)29/h9-13H,3-8H2,1-2H3,(H,28,29)(H,23,24,25). The third-order valence-corrected chi connectivity index (χ3v) is 4.72. The topological polar surface area (TPSA) is 100 Å². The number of rotatable bonds is 8. The van der Waals surface area contributed by atoms with Gasteiger partial charge in [0.2, 0.25) is 5.88 Å². The summed E-state index contributed by atoms with van der Waals surface area (Å²) in [6.45, 7) is 1.56. The summed E-state index contributed by atoms with van der Waals surface area (Å²) in [4.78, 5) is 22.2.